The van der Waals surface area contributed by atoms with Crippen LogP contribution >= 0.6 is 0 Å². The summed E-state index contributed by atoms with van der Waals surface area (Å²) in [6, 6.07) is 3.09. The predicted molar refractivity (Wildman–Crippen MR) is 70.1 cm³/mol. The quantitative estimate of drug-likeness (QED) is 0.873. The molecule has 1 saturated carbocycles. The van der Waals surface area contributed by atoms with E-state index in [1.165, 1.54) is 17.8 Å². The maximum Gasteiger partial charge on any atom is 0.279 e. The van der Waals surface area contributed by atoms with Crippen LogP contribution in [-0.2, 0) is 17.1 Å². The molecule has 21 heavy (non-hydrogen) atoms. The van der Waals surface area contributed by atoms with E-state index in [0.29, 0.717) is 11.6 Å². The van der Waals surface area contributed by atoms with Gasteiger partial charge >= 0.3 is 0 Å². The lowest BCUT2D eigenvalue weighted by Gasteiger charge is -2.07. The minimum Gasteiger partial charge on any atom is -0.278 e. The topological polar surface area (TPSA) is 76.9 Å². The maximum absolute atomic E-state index is 13.0. The molecule has 2 heterocycles. The number of anilines is 1. The number of hydrogen-bond donors (Lipinski definition) is 1. The molecule has 2 aromatic rings. The zero-order valence-electron chi connectivity index (χ0n) is 11.0. The molecular weight excluding hydrogens is 302 g/mol. The van der Waals surface area contributed by atoms with Gasteiger partial charge in [-0.1, -0.05) is 0 Å². The van der Waals surface area contributed by atoms with Crippen molar-refractivity contribution in [2.24, 2.45) is 7.05 Å². The van der Waals surface area contributed by atoms with E-state index in [2.05, 4.69) is 14.8 Å². The number of nitrogens with one attached hydrogen (secondary N) is 1. The molecule has 3 rings (SSSR count). The van der Waals surface area contributed by atoms with Gasteiger partial charge in [-0.05, 0) is 12.8 Å². The van der Waals surface area contributed by atoms with Gasteiger partial charge < -0.3 is 0 Å². The van der Waals surface area contributed by atoms with Gasteiger partial charge in [0.25, 0.3) is 10.0 Å². The Morgan fingerprint density at radius 3 is 2.43 bits per heavy atom. The van der Waals surface area contributed by atoms with Crippen molar-refractivity contribution in [1.29, 1.82) is 0 Å². The van der Waals surface area contributed by atoms with Crippen molar-refractivity contribution >= 4 is 15.7 Å². The molecule has 6 nitrogen and oxygen atoms in total. The number of aryl methyl sites for hydroxylation is 1. The van der Waals surface area contributed by atoms with Crippen LogP contribution in [0.2, 0.25) is 0 Å². The highest BCUT2D eigenvalue weighted by atomic mass is 32.2. The summed E-state index contributed by atoms with van der Waals surface area (Å²) in [7, 11) is -2.46. The van der Waals surface area contributed by atoms with Crippen LogP contribution < -0.4 is 4.72 Å². The van der Waals surface area contributed by atoms with Crippen LogP contribution in [0, 0.1) is 11.9 Å². The van der Waals surface area contributed by atoms with E-state index < -0.39 is 21.9 Å². The Labute approximate surface area is 119 Å². The molecule has 0 aliphatic heterocycles. The zero-order valence-corrected chi connectivity index (χ0v) is 11.9. The summed E-state index contributed by atoms with van der Waals surface area (Å²) in [6.45, 7) is 0. The van der Waals surface area contributed by atoms with Gasteiger partial charge in [-0.25, -0.2) is 0 Å². The molecule has 1 aliphatic rings. The van der Waals surface area contributed by atoms with Crippen LogP contribution in [0.1, 0.15) is 24.5 Å². The molecule has 2 aromatic heterocycles. The molecule has 0 amide bonds. The second-order valence-corrected chi connectivity index (χ2v) is 6.54. The summed E-state index contributed by atoms with van der Waals surface area (Å²) >= 11 is 0. The molecule has 0 atom stereocenters. The third-order valence-corrected chi connectivity index (χ3v) is 4.58. The molecule has 0 bridgehead atoms. The highest BCUT2D eigenvalue weighted by Crippen LogP contribution is 2.39. The highest BCUT2D eigenvalue weighted by molar-refractivity contribution is 7.92. The summed E-state index contributed by atoms with van der Waals surface area (Å²) < 4.78 is 53.9. The number of sulfonamides is 1. The number of halogens is 2. The molecule has 9 heteroatoms. The minimum atomic E-state index is -3.97. The van der Waals surface area contributed by atoms with Crippen molar-refractivity contribution in [2.75, 3.05) is 4.72 Å². The Kier molecular flexibility index (Phi) is 3.16. The fraction of sp³-hybridized carbons (Fsp3) is 0.333. The summed E-state index contributed by atoms with van der Waals surface area (Å²) in [5.41, 5.74) is 0.485. The van der Waals surface area contributed by atoms with Crippen molar-refractivity contribution in [3.8, 4) is 0 Å². The largest absolute Gasteiger partial charge is 0.279 e. The molecule has 1 fully saturated rings. The molecule has 0 spiro atoms. The van der Waals surface area contributed by atoms with Crippen molar-refractivity contribution in [2.45, 2.75) is 23.8 Å². The second kappa shape index (κ2) is 4.76. The molecular formula is C12H12F2N4O2S. The first-order valence-corrected chi connectivity index (χ1v) is 7.73. The molecule has 0 unspecified atom stereocenters. The van der Waals surface area contributed by atoms with E-state index in [0.717, 1.165) is 25.0 Å². The SMILES string of the molecule is Cn1nc(C2CC2)cc1S(=O)(=O)Nc1cc(F)nc(F)c1. The fourth-order valence-electron chi connectivity index (χ4n) is 2.03. The smallest absolute Gasteiger partial charge is 0.278 e. The maximum atomic E-state index is 13.0. The van der Waals surface area contributed by atoms with Crippen LogP contribution in [-0.4, -0.2) is 23.2 Å². The van der Waals surface area contributed by atoms with Gasteiger partial charge in [-0.2, -0.15) is 27.3 Å². The van der Waals surface area contributed by atoms with Gasteiger partial charge in [-0.3, -0.25) is 9.40 Å². The lowest BCUT2D eigenvalue weighted by Crippen LogP contribution is -2.17. The Balaban J connectivity index is 1.92. The Morgan fingerprint density at radius 2 is 1.86 bits per heavy atom. The first kappa shape index (κ1) is 13.9. The number of aromatic nitrogens is 3. The number of hydrogen-bond acceptors (Lipinski definition) is 4. The molecule has 112 valence electrons. The monoisotopic (exact) mass is 314 g/mol. The van der Waals surface area contributed by atoms with Crippen LogP contribution in [0.5, 0.6) is 0 Å². The van der Waals surface area contributed by atoms with Crippen LogP contribution in [0.25, 0.3) is 0 Å². The highest BCUT2D eigenvalue weighted by Gasteiger charge is 2.29. The Hall–Kier alpha value is -2.03. The van der Waals surface area contributed by atoms with Crippen molar-refractivity contribution < 1.29 is 17.2 Å². The molecule has 0 aromatic carbocycles. The molecule has 0 radical (unpaired) electrons. The van der Waals surface area contributed by atoms with Gasteiger partial charge in [0.1, 0.15) is 0 Å². The number of pyridine rings is 1. The number of rotatable bonds is 4. The number of nitrogens with zero attached hydrogens (tertiary/aromatic N) is 3. The van der Waals surface area contributed by atoms with Gasteiger partial charge in [0.15, 0.2) is 5.03 Å². The standard InChI is InChI=1S/C12H12F2N4O2S/c1-18-12(6-9(16-18)7-2-3-7)21(19,20)17-8-4-10(13)15-11(14)5-8/h4-7H,2-3H2,1H3,(H,15,17). The normalized spacial score (nSPS) is 15.2. The second-order valence-electron chi connectivity index (χ2n) is 4.91. The first-order chi connectivity index (χ1) is 9.85. The lowest BCUT2D eigenvalue weighted by molar-refractivity contribution is 0.514. The van der Waals surface area contributed by atoms with Crippen LogP contribution in [0.3, 0.4) is 0 Å². The van der Waals surface area contributed by atoms with E-state index in [9.17, 15) is 17.2 Å². The zero-order chi connectivity index (χ0) is 15.2. The van der Waals surface area contributed by atoms with E-state index in [1.54, 1.807) is 0 Å². The first-order valence-electron chi connectivity index (χ1n) is 6.25. The van der Waals surface area contributed by atoms with Crippen molar-refractivity contribution in [3.63, 3.8) is 0 Å². The van der Waals surface area contributed by atoms with Crippen molar-refractivity contribution in [1.82, 2.24) is 14.8 Å². The summed E-state index contributed by atoms with van der Waals surface area (Å²) in [5, 5.41) is 4.10. The fourth-order valence-corrected chi connectivity index (χ4v) is 3.23. The summed E-state index contributed by atoms with van der Waals surface area (Å²) in [6.07, 6.45) is 1.98. The van der Waals surface area contributed by atoms with E-state index in [-0.39, 0.29) is 10.7 Å². The van der Waals surface area contributed by atoms with Crippen LogP contribution in [0.4, 0.5) is 14.5 Å². The third kappa shape index (κ3) is 2.87. The summed E-state index contributed by atoms with van der Waals surface area (Å²) in [4.78, 5) is 2.90. The van der Waals surface area contributed by atoms with Crippen molar-refractivity contribution in [3.05, 3.63) is 35.8 Å². The van der Waals surface area contributed by atoms with Gasteiger partial charge in [0.05, 0.1) is 11.4 Å². The Morgan fingerprint density at radius 1 is 1.24 bits per heavy atom. The Bertz CT molecular complexity index is 779. The summed E-state index contributed by atoms with van der Waals surface area (Å²) in [5.74, 6) is -1.90. The van der Waals surface area contributed by atoms with Crippen LogP contribution in [0.15, 0.2) is 23.2 Å². The predicted octanol–water partition coefficient (Wildman–Crippen LogP) is 1.77. The molecule has 1 N–H and O–H groups in total. The van der Waals surface area contributed by atoms with Gasteiger partial charge in [0.2, 0.25) is 11.9 Å². The molecule has 1 aliphatic carbocycles. The van der Waals surface area contributed by atoms with Gasteiger partial charge in [0, 0.05) is 31.2 Å². The minimum absolute atomic E-state index is 0.0537. The average Bonchev–Trinajstić information content (AvgIpc) is 3.10. The average molecular weight is 314 g/mol. The van der Waals surface area contributed by atoms with E-state index in [1.807, 2.05) is 0 Å². The molecule has 0 saturated heterocycles. The van der Waals surface area contributed by atoms with E-state index >= 15 is 0 Å². The van der Waals surface area contributed by atoms with E-state index in [4.69, 9.17) is 0 Å². The third-order valence-electron chi connectivity index (χ3n) is 3.14. The van der Waals surface area contributed by atoms with Gasteiger partial charge in [-0.15, -0.1) is 0 Å². The lowest BCUT2D eigenvalue weighted by atomic mass is 10.3.